The number of allylic oxidation sites excluding steroid dienone is 2. The van der Waals surface area contributed by atoms with Gasteiger partial charge in [0.15, 0.2) is 0 Å². The van der Waals surface area contributed by atoms with E-state index >= 15 is 0 Å². The van der Waals surface area contributed by atoms with Crippen molar-refractivity contribution in [1.82, 2.24) is 15.3 Å². The molecule has 0 saturated heterocycles. The highest BCUT2D eigenvalue weighted by Gasteiger charge is 2.18. The first-order valence-electron chi connectivity index (χ1n) is 7.61. The summed E-state index contributed by atoms with van der Waals surface area (Å²) in [6.07, 6.45) is 12.3. The predicted octanol–water partition coefficient (Wildman–Crippen LogP) is 3.12. The third-order valence-electron chi connectivity index (χ3n) is 3.92. The molecule has 3 rings (SSSR count). The maximum atomic E-state index is 12.2. The Morgan fingerprint density at radius 1 is 1.23 bits per heavy atom. The SMILES string of the molecule is O=C(NCc1cccnc1-c1cccnc1)C1CC=CCC1. The number of carbonyl (C=O) groups is 1. The fourth-order valence-corrected chi connectivity index (χ4v) is 2.70. The van der Waals surface area contributed by atoms with Gasteiger partial charge in [-0.05, 0) is 43.0 Å². The standard InChI is InChI=1S/C18H19N3O/c22-18(14-6-2-1-3-7-14)21-13-16-9-5-11-20-17(16)15-8-4-10-19-12-15/h1-2,4-5,8-12,14H,3,6-7,13H2,(H,21,22). The molecule has 0 aliphatic heterocycles. The molecule has 112 valence electrons. The van der Waals surface area contributed by atoms with Gasteiger partial charge in [0, 0.05) is 36.6 Å². The quantitative estimate of drug-likeness (QED) is 0.881. The van der Waals surface area contributed by atoms with Crippen molar-refractivity contribution in [3.05, 3.63) is 60.6 Å². The van der Waals surface area contributed by atoms with Crippen LogP contribution in [0.3, 0.4) is 0 Å². The second kappa shape index (κ2) is 6.98. The summed E-state index contributed by atoms with van der Waals surface area (Å²) >= 11 is 0. The van der Waals surface area contributed by atoms with Gasteiger partial charge in [0.05, 0.1) is 5.69 Å². The number of rotatable bonds is 4. The first kappa shape index (κ1) is 14.4. The minimum Gasteiger partial charge on any atom is -0.352 e. The van der Waals surface area contributed by atoms with Crippen molar-refractivity contribution >= 4 is 5.91 Å². The van der Waals surface area contributed by atoms with Crippen LogP contribution in [0.25, 0.3) is 11.3 Å². The zero-order valence-electron chi connectivity index (χ0n) is 12.4. The molecule has 0 spiro atoms. The highest BCUT2D eigenvalue weighted by atomic mass is 16.1. The number of hydrogen-bond acceptors (Lipinski definition) is 3. The Labute approximate surface area is 130 Å². The minimum atomic E-state index is 0.100. The molecular formula is C18H19N3O. The molecule has 1 aliphatic rings. The van der Waals surface area contributed by atoms with Gasteiger partial charge in [0.1, 0.15) is 0 Å². The van der Waals surface area contributed by atoms with Crippen LogP contribution in [0, 0.1) is 5.92 Å². The van der Waals surface area contributed by atoms with E-state index in [0.717, 1.165) is 36.1 Å². The second-order valence-corrected chi connectivity index (χ2v) is 5.45. The average molecular weight is 293 g/mol. The van der Waals surface area contributed by atoms with E-state index < -0.39 is 0 Å². The van der Waals surface area contributed by atoms with Crippen LogP contribution in [0.4, 0.5) is 0 Å². The van der Waals surface area contributed by atoms with Crippen molar-refractivity contribution in [1.29, 1.82) is 0 Å². The van der Waals surface area contributed by atoms with Crippen LogP contribution >= 0.6 is 0 Å². The van der Waals surface area contributed by atoms with Crippen molar-refractivity contribution in [2.45, 2.75) is 25.8 Å². The lowest BCUT2D eigenvalue weighted by atomic mass is 9.93. The van der Waals surface area contributed by atoms with Crippen LogP contribution in [-0.2, 0) is 11.3 Å². The molecule has 0 radical (unpaired) electrons. The lowest BCUT2D eigenvalue weighted by molar-refractivity contribution is -0.125. The van der Waals surface area contributed by atoms with E-state index in [2.05, 4.69) is 27.4 Å². The number of hydrogen-bond donors (Lipinski definition) is 1. The van der Waals surface area contributed by atoms with Crippen LogP contribution in [0.1, 0.15) is 24.8 Å². The first-order chi connectivity index (χ1) is 10.8. The summed E-state index contributed by atoms with van der Waals surface area (Å²) in [5, 5.41) is 3.05. The molecule has 0 saturated carbocycles. The van der Waals surface area contributed by atoms with Gasteiger partial charge in [-0.3, -0.25) is 14.8 Å². The number of nitrogens with one attached hydrogen (secondary N) is 1. The largest absolute Gasteiger partial charge is 0.352 e. The molecule has 2 heterocycles. The maximum Gasteiger partial charge on any atom is 0.223 e. The molecule has 0 bridgehead atoms. The Kier molecular flexibility index (Phi) is 4.59. The average Bonchev–Trinajstić information content (AvgIpc) is 2.61. The van der Waals surface area contributed by atoms with Gasteiger partial charge in [-0.15, -0.1) is 0 Å². The summed E-state index contributed by atoms with van der Waals surface area (Å²) in [6, 6.07) is 7.76. The van der Waals surface area contributed by atoms with Crippen molar-refractivity contribution in [2.24, 2.45) is 5.92 Å². The van der Waals surface area contributed by atoms with Gasteiger partial charge in [-0.25, -0.2) is 0 Å². The van der Waals surface area contributed by atoms with Gasteiger partial charge in [-0.2, -0.15) is 0 Å². The van der Waals surface area contributed by atoms with Crippen molar-refractivity contribution in [3.8, 4) is 11.3 Å². The van der Waals surface area contributed by atoms with Crippen LogP contribution in [0.5, 0.6) is 0 Å². The molecule has 22 heavy (non-hydrogen) atoms. The molecule has 1 atom stereocenters. The number of nitrogens with zero attached hydrogens (tertiary/aromatic N) is 2. The summed E-state index contributed by atoms with van der Waals surface area (Å²) in [4.78, 5) is 20.8. The lowest BCUT2D eigenvalue weighted by Crippen LogP contribution is -2.30. The normalized spacial score (nSPS) is 17.2. The molecule has 0 aromatic carbocycles. The van der Waals surface area contributed by atoms with E-state index in [1.54, 1.807) is 18.6 Å². The van der Waals surface area contributed by atoms with Crippen LogP contribution in [0.15, 0.2) is 55.0 Å². The fourth-order valence-electron chi connectivity index (χ4n) is 2.70. The maximum absolute atomic E-state index is 12.2. The third kappa shape index (κ3) is 3.39. The Balaban J connectivity index is 1.70. The van der Waals surface area contributed by atoms with Crippen molar-refractivity contribution in [2.75, 3.05) is 0 Å². The molecule has 4 nitrogen and oxygen atoms in total. The molecule has 2 aromatic heterocycles. The molecular weight excluding hydrogens is 274 g/mol. The Bertz CT molecular complexity index is 667. The highest BCUT2D eigenvalue weighted by Crippen LogP contribution is 2.21. The van der Waals surface area contributed by atoms with Gasteiger partial charge in [0.2, 0.25) is 5.91 Å². The topological polar surface area (TPSA) is 54.9 Å². The molecule has 2 aromatic rings. The van der Waals surface area contributed by atoms with E-state index in [9.17, 15) is 4.79 Å². The Morgan fingerprint density at radius 2 is 2.14 bits per heavy atom. The fraction of sp³-hybridized carbons (Fsp3) is 0.278. The first-order valence-corrected chi connectivity index (χ1v) is 7.61. The lowest BCUT2D eigenvalue weighted by Gasteiger charge is -2.17. The molecule has 0 fully saturated rings. The molecule has 1 unspecified atom stereocenters. The van der Waals surface area contributed by atoms with Crippen molar-refractivity contribution in [3.63, 3.8) is 0 Å². The van der Waals surface area contributed by atoms with Crippen molar-refractivity contribution < 1.29 is 4.79 Å². The van der Waals surface area contributed by atoms with Crippen LogP contribution in [0.2, 0.25) is 0 Å². The van der Waals surface area contributed by atoms with Gasteiger partial charge < -0.3 is 5.32 Å². The third-order valence-corrected chi connectivity index (χ3v) is 3.92. The van der Waals surface area contributed by atoms with E-state index in [0.29, 0.717) is 6.54 Å². The molecule has 1 aliphatic carbocycles. The zero-order valence-corrected chi connectivity index (χ0v) is 12.4. The van der Waals surface area contributed by atoms with Crippen LogP contribution < -0.4 is 5.32 Å². The summed E-state index contributed by atoms with van der Waals surface area (Å²) < 4.78 is 0. The predicted molar refractivity (Wildman–Crippen MR) is 85.8 cm³/mol. The Hall–Kier alpha value is -2.49. The van der Waals surface area contributed by atoms with E-state index in [-0.39, 0.29) is 11.8 Å². The van der Waals surface area contributed by atoms with E-state index in [4.69, 9.17) is 0 Å². The molecule has 1 amide bonds. The summed E-state index contributed by atoms with van der Waals surface area (Å²) in [5.41, 5.74) is 2.85. The zero-order chi connectivity index (χ0) is 15.2. The van der Waals surface area contributed by atoms with Gasteiger partial charge in [0.25, 0.3) is 0 Å². The summed E-state index contributed by atoms with van der Waals surface area (Å²) in [7, 11) is 0. The number of pyridine rings is 2. The van der Waals surface area contributed by atoms with Gasteiger partial charge >= 0.3 is 0 Å². The molecule has 1 N–H and O–H groups in total. The summed E-state index contributed by atoms with van der Waals surface area (Å²) in [5.74, 6) is 0.230. The number of carbonyl (C=O) groups excluding carboxylic acids is 1. The van der Waals surface area contributed by atoms with E-state index in [1.807, 2.05) is 24.3 Å². The number of aromatic nitrogens is 2. The smallest absolute Gasteiger partial charge is 0.223 e. The second-order valence-electron chi connectivity index (χ2n) is 5.45. The Morgan fingerprint density at radius 3 is 2.91 bits per heavy atom. The monoisotopic (exact) mass is 293 g/mol. The van der Waals surface area contributed by atoms with Gasteiger partial charge in [-0.1, -0.05) is 18.2 Å². The minimum absolute atomic E-state index is 0.100. The molecule has 4 heteroatoms. The summed E-state index contributed by atoms with van der Waals surface area (Å²) in [6.45, 7) is 0.497. The van der Waals surface area contributed by atoms with E-state index in [1.165, 1.54) is 0 Å². The van der Waals surface area contributed by atoms with Crippen LogP contribution in [-0.4, -0.2) is 15.9 Å². The highest BCUT2D eigenvalue weighted by molar-refractivity contribution is 5.79. The number of amides is 1.